The second-order valence-corrected chi connectivity index (χ2v) is 5.83. The zero-order valence-electron chi connectivity index (χ0n) is 12.7. The molecule has 1 aromatic rings. The largest absolute Gasteiger partial charge is 0.340 e. The van der Waals surface area contributed by atoms with Crippen LogP contribution >= 0.6 is 0 Å². The van der Waals surface area contributed by atoms with Gasteiger partial charge in [-0.05, 0) is 30.4 Å². The lowest BCUT2D eigenvalue weighted by molar-refractivity contribution is -0.135. The van der Waals surface area contributed by atoms with Crippen molar-refractivity contribution in [2.75, 3.05) is 7.05 Å². The van der Waals surface area contributed by atoms with Crippen molar-refractivity contribution >= 4 is 5.91 Å². The summed E-state index contributed by atoms with van der Waals surface area (Å²) in [6, 6.07) is 8.41. The summed E-state index contributed by atoms with van der Waals surface area (Å²) in [6.45, 7) is 8.67. The van der Waals surface area contributed by atoms with Gasteiger partial charge in [0, 0.05) is 13.6 Å². The van der Waals surface area contributed by atoms with Crippen molar-refractivity contribution in [3.05, 3.63) is 35.4 Å². The average molecular weight is 262 g/mol. The van der Waals surface area contributed by atoms with E-state index in [0.29, 0.717) is 18.9 Å². The first-order chi connectivity index (χ1) is 8.77. The number of hydrogen-bond acceptors (Lipinski definition) is 2. The molecular weight excluding hydrogens is 236 g/mol. The van der Waals surface area contributed by atoms with Gasteiger partial charge in [-0.25, -0.2) is 0 Å². The molecule has 2 N–H and O–H groups in total. The molecule has 0 spiro atoms. The summed E-state index contributed by atoms with van der Waals surface area (Å²) in [5.41, 5.74) is 7.66. The van der Waals surface area contributed by atoms with Crippen LogP contribution in [0.5, 0.6) is 0 Å². The fourth-order valence-electron chi connectivity index (χ4n) is 1.94. The van der Waals surface area contributed by atoms with E-state index < -0.39 is 5.54 Å². The van der Waals surface area contributed by atoms with Crippen LogP contribution in [0.2, 0.25) is 0 Å². The minimum absolute atomic E-state index is 0.0112. The van der Waals surface area contributed by atoms with Gasteiger partial charge in [0.05, 0.1) is 5.54 Å². The molecule has 1 aromatic carbocycles. The van der Waals surface area contributed by atoms with Crippen LogP contribution < -0.4 is 5.73 Å². The van der Waals surface area contributed by atoms with Crippen LogP contribution in [0.1, 0.15) is 51.2 Å². The molecular formula is C16H26N2O. The molecule has 1 amide bonds. The Hall–Kier alpha value is -1.35. The first-order valence-corrected chi connectivity index (χ1v) is 6.91. The van der Waals surface area contributed by atoms with E-state index in [1.165, 1.54) is 5.56 Å². The maximum atomic E-state index is 12.2. The highest BCUT2D eigenvalue weighted by molar-refractivity contribution is 5.85. The predicted molar refractivity (Wildman–Crippen MR) is 79.9 cm³/mol. The molecule has 0 saturated heterocycles. The van der Waals surface area contributed by atoms with Crippen LogP contribution in [0.15, 0.2) is 24.3 Å². The third-order valence-electron chi connectivity index (χ3n) is 3.64. The normalized spacial score (nSPS) is 14.3. The molecule has 0 radical (unpaired) electrons. The molecule has 0 fully saturated rings. The fraction of sp³-hybridized carbons (Fsp3) is 0.562. The Morgan fingerprint density at radius 3 is 2.26 bits per heavy atom. The molecule has 0 aromatic heterocycles. The molecule has 19 heavy (non-hydrogen) atoms. The van der Waals surface area contributed by atoms with Crippen LogP contribution in [0.3, 0.4) is 0 Å². The quantitative estimate of drug-likeness (QED) is 0.887. The zero-order chi connectivity index (χ0) is 14.6. The van der Waals surface area contributed by atoms with Crippen molar-refractivity contribution in [1.29, 1.82) is 0 Å². The van der Waals surface area contributed by atoms with E-state index in [1.807, 2.05) is 6.92 Å². The van der Waals surface area contributed by atoms with Gasteiger partial charge in [-0.15, -0.1) is 0 Å². The van der Waals surface area contributed by atoms with E-state index in [-0.39, 0.29) is 5.91 Å². The Morgan fingerprint density at radius 2 is 1.84 bits per heavy atom. The van der Waals surface area contributed by atoms with E-state index in [9.17, 15) is 4.79 Å². The number of hydrogen-bond donors (Lipinski definition) is 1. The number of amides is 1. The number of carbonyl (C=O) groups excluding carboxylic acids is 1. The summed E-state index contributed by atoms with van der Waals surface area (Å²) in [4.78, 5) is 13.9. The Morgan fingerprint density at radius 1 is 1.32 bits per heavy atom. The molecule has 0 saturated carbocycles. The lowest BCUT2D eigenvalue weighted by Crippen LogP contribution is -2.51. The molecule has 1 unspecified atom stereocenters. The van der Waals surface area contributed by atoms with Crippen LogP contribution in [-0.4, -0.2) is 23.4 Å². The van der Waals surface area contributed by atoms with Gasteiger partial charge in [-0.1, -0.05) is 45.0 Å². The van der Waals surface area contributed by atoms with Crippen molar-refractivity contribution in [3.8, 4) is 0 Å². The predicted octanol–water partition coefficient (Wildman–Crippen LogP) is 2.90. The van der Waals surface area contributed by atoms with Gasteiger partial charge < -0.3 is 10.6 Å². The van der Waals surface area contributed by atoms with Crippen molar-refractivity contribution in [3.63, 3.8) is 0 Å². The molecule has 0 aliphatic heterocycles. The molecule has 1 rings (SSSR count). The third-order valence-corrected chi connectivity index (χ3v) is 3.64. The summed E-state index contributed by atoms with van der Waals surface area (Å²) in [5.74, 6) is 0.517. The van der Waals surface area contributed by atoms with Crippen molar-refractivity contribution in [2.45, 2.75) is 52.1 Å². The standard InChI is InChI=1S/C16H26N2O/c1-6-16(4,17)15(19)18(5)11-13-7-9-14(10-8-13)12(2)3/h7-10,12H,6,11,17H2,1-5H3. The van der Waals surface area contributed by atoms with E-state index in [2.05, 4.69) is 38.1 Å². The monoisotopic (exact) mass is 262 g/mol. The van der Waals surface area contributed by atoms with Gasteiger partial charge in [0.2, 0.25) is 5.91 Å². The first kappa shape index (κ1) is 15.7. The number of carbonyl (C=O) groups is 1. The highest BCUT2D eigenvalue weighted by atomic mass is 16.2. The zero-order valence-corrected chi connectivity index (χ0v) is 12.7. The Labute approximate surface area is 116 Å². The third kappa shape index (κ3) is 4.06. The van der Waals surface area contributed by atoms with Crippen LogP contribution in [0, 0.1) is 0 Å². The Kier molecular flexibility index (Phi) is 5.12. The Balaban J connectivity index is 2.72. The number of rotatable bonds is 5. The smallest absolute Gasteiger partial charge is 0.242 e. The Bertz CT molecular complexity index is 421. The van der Waals surface area contributed by atoms with Gasteiger partial charge in [0.25, 0.3) is 0 Å². The number of likely N-dealkylation sites (N-methyl/N-ethyl adjacent to an activating group) is 1. The second-order valence-electron chi connectivity index (χ2n) is 5.83. The van der Waals surface area contributed by atoms with Crippen LogP contribution in [0.25, 0.3) is 0 Å². The van der Waals surface area contributed by atoms with E-state index in [0.717, 1.165) is 5.56 Å². The summed E-state index contributed by atoms with van der Waals surface area (Å²) < 4.78 is 0. The molecule has 0 heterocycles. The summed E-state index contributed by atoms with van der Waals surface area (Å²) in [6.07, 6.45) is 0.641. The van der Waals surface area contributed by atoms with Gasteiger partial charge in [0.1, 0.15) is 0 Å². The summed E-state index contributed by atoms with van der Waals surface area (Å²) in [7, 11) is 1.81. The highest BCUT2D eigenvalue weighted by Gasteiger charge is 2.28. The molecule has 1 atom stereocenters. The van der Waals surface area contributed by atoms with Crippen LogP contribution in [-0.2, 0) is 11.3 Å². The highest BCUT2D eigenvalue weighted by Crippen LogP contribution is 2.16. The molecule has 3 nitrogen and oxygen atoms in total. The minimum atomic E-state index is -0.771. The summed E-state index contributed by atoms with van der Waals surface area (Å²) in [5, 5.41) is 0. The molecule has 0 aliphatic carbocycles. The molecule has 106 valence electrons. The van der Waals surface area contributed by atoms with Gasteiger partial charge in [0.15, 0.2) is 0 Å². The lowest BCUT2D eigenvalue weighted by atomic mass is 9.98. The molecule has 0 aliphatic rings. The minimum Gasteiger partial charge on any atom is -0.340 e. The van der Waals surface area contributed by atoms with Gasteiger partial charge in [-0.3, -0.25) is 4.79 Å². The van der Waals surface area contributed by atoms with Crippen molar-refractivity contribution in [1.82, 2.24) is 4.90 Å². The van der Waals surface area contributed by atoms with E-state index in [1.54, 1.807) is 18.9 Å². The van der Waals surface area contributed by atoms with E-state index in [4.69, 9.17) is 5.73 Å². The van der Waals surface area contributed by atoms with Crippen molar-refractivity contribution < 1.29 is 4.79 Å². The topological polar surface area (TPSA) is 46.3 Å². The van der Waals surface area contributed by atoms with E-state index >= 15 is 0 Å². The number of nitrogens with two attached hydrogens (primary N) is 1. The SMILES string of the molecule is CCC(C)(N)C(=O)N(C)Cc1ccc(C(C)C)cc1. The molecule has 3 heteroatoms. The van der Waals surface area contributed by atoms with Gasteiger partial charge >= 0.3 is 0 Å². The first-order valence-electron chi connectivity index (χ1n) is 6.91. The number of nitrogens with zero attached hydrogens (tertiary/aromatic N) is 1. The second kappa shape index (κ2) is 6.20. The van der Waals surface area contributed by atoms with Crippen LogP contribution in [0.4, 0.5) is 0 Å². The molecule has 0 bridgehead atoms. The maximum Gasteiger partial charge on any atom is 0.242 e. The lowest BCUT2D eigenvalue weighted by Gasteiger charge is -2.28. The average Bonchev–Trinajstić information content (AvgIpc) is 2.38. The number of benzene rings is 1. The fourth-order valence-corrected chi connectivity index (χ4v) is 1.94. The maximum absolute atomic E-state index is 12.2. The van der Waals surface area contributed by atoms with Crippen molar-refractivity contribution in [2.24, 2.45) is 5.73 Å². The summed E-state index contributed by atoms with van der Waals surface area (Å²) >= 11 is 0. The van der Waals surface area contributed by atoms with Gasteiger partial charge in [-0.2, -0.15) is 0 Å².